The quantitative estimate of drug-likeness (QED) is 0.536. The molecule has 0 amide bonds. The molecule has 1 aliphatic heterocycles. The van der Waals surface area contributed by atoms with E-state index in [4.69, 9.17) is 9.72 Å². The number of nitrogens with zero attached hydrogens (tertiary/aromatic N) is 1. The van der Waals surface area contributed by atoms with Gasteiger partial charge in [0.25, 0.3) is 0 Å². The van der Waals surface area contributed by atoms with E-state index in [0.29, 0.717) is 11.8 Å². The second-order valence-corrected chi connectivity index (χ2v) is 12.1. The molecule has 0 saturated heterocycles. The van der Waals surface area contributed by atoms with E-state index in [2.05, 4.69) is 52.0 Å². The van der Waals surface area contributed by atoms with Crippen LogP contribution in [0.4, 0.5) is 0 Å². The first-order valence-electron chi connectivity index (χ1n) is 13.4. The Labute approximate surface area is 199 Å². The van der Waals surface area contributed by atoms with Gasteiger partial charge in [-0.15, -0.1) is 0 Å². The second-order valence-electron chi connectivity index (χ2n) is 12.1. The molecule has 2 heterocycles. The molecule has 3 aliphatic carbocycles. The van der Waals surface area contributed by atoms with Gasteiger partial charge in [0, 0.05) is 22.5 Å². The van der Waals surface area contributed by atoms with E-state index in [0.717, 1.165) is 31.2 Å². The first-order valence-corrected chi connectivity index (χ1v) is 13.4. The van der Waals surface area contributed by atoms with Crippen LogP contribution in [0, 0.1) is 5.41 Å². The normalized spacial score (nSPS) is 26.8. The Hall–Kier alpha value is -1.71. The lowest BCUT2D eigenvalue weighted by Gasteiger charge is -2.47. The molecule has 0 radical (unpaired) electrons. The molecule has 2 spiro atoms. The molecule has 3 nitrogen and oxygen atoms in total. The summed E-state index contributed by atoms with van der Waals surface area (Å²) in [6.45, 7) is 9.03. The zero-order valence-electron chi connectivity index (χ0n) is 20.8. The molecule has 33 heavy (non-hydrogen) atoms. The van der Waals surface area contributed by atoms with Crippen LogP contribution in [-0.4, -0.2) is 10.1 Å². The number of hydrogen-bond acceptors (Lipinski definition) is 3. The highest BCUT2D eigenvalue weighted by Gasteiger charge is 2.54. The average Bonchev–Trinajstić information content (AvgIpc) is 3.37. The molecule has 2 fully saturated rings. The predicted octanol–water partition coefficient (Wildman–Crippen LogP) is 7.37. The highest BCUT2D eigenvalue weighted by Crippen LogP contribution is 2.61. The van der Waals surface area contributed by atoms with E-state index in [1.165, 1.54) is 65.7 Å². The number of ether oxygens (including phenoxy) is 1. The zero-order chi connectivity index (χ0) is 23.0. The lowest BCUT2D eigenvalue weighted by atomic mass is 9.59. The smallest absolute Gasteiger partial charge is 0.111 e. The minimum Gasteiger partial charge on any atom is -0.388 e. The van der Waals surface area contributed by atoms with Crippen LogP contribution in [-0.2, 0) is 16.8 Å². The fraction of sp³-hybridized carbons (Fsp3) is 0.633. The lowest BCUT2D eigenvalue weighted by molar-refractivity contribution is -0.0586. The SMILES string of the molecule is CC(C)c1ccc([C@H]2OC3(CCCC3)c3c2c(C(C)C)nc2c3[C@@H](O)CC3(CCC3)C2)cc1. The molecular formula is C30H39NO2. The number of aliphatic hydroxyl groups is 1. The number of fused-ring (bicyclic) bond motifs is 4. The van der Waals surface area contributed by atoms with E-state index in [-0.39, 0.29) is 17.1 Å². The van der Waals surface area contributed by atoms with Crippen molar-refractivity contribution in [3.8, 4) is 0 Å². The molecule has 1 aromatic carbocycles. The maximum atomic E-state index is 11.6. The number of hydrogen-bond donors (Lipinski definition) is 1. The van der Waals surface area contributed by atoms with Crippen LogP contribution >= 0.6 is 0 Å². The van der Waals surface area contributed by atoms with E-state index in [1.54, 1.807) is 0 Å². The fourth-order valence-corrected chi connectivity index (χ4v) is 7.32. The van der Waals surface area contributed by atoms with Crippen LogP contribution in [0.1, 0.15) is 142 Å². The van der Waals surface area contributed by atoms with Gasteiger partial charge in [-0.3, -0.25) is 4.98 Å². The summed E-state index contributed by atoms with van der Waals surface area (Å²) in [5.74, 6) is 0.851. The molecule has 3 heteroatoms. The topological polar surface area (TPSA) is 42.4 Å². The van der Waals surface area contributed by atoms with E-state index >= 15 is 0 Å². The minimum absolute atomic E-state index is 0.0821. The third-order valence-electron chi connectivity index (χ3n) is 9.22. The van der Waals surface area contributed by atoms with Gasteiger partial charge in [-0.05, 0) is 72.5 Å². The Morgan fingerprint density at radius 1 is 0.909 bits per heavy atom. The van der Waals surface area contributed by atoms with Gasteiger partial charge in [0.15, 0.2) is 0 Å². The summed E-state index contributed by atoms with van der Waals surface area (Å²) in [6, 6.07) is 9.06. The van der Waals surface area contributed by atoms with Gasteiger partial charge in [-0.1, -0.05) is 71.2 Å². The zero-order valence-corrected chi connectivity index (χ0v) is 20.8. The van der Waals surface area contributed by atoms with Gasteiger partial charge in [0.2, 0.25) is 0 Å². The average molecular weight is 446 g/mol. The molecule has 2 atom stereocenters. The number of aliphatic hydroxyl groups excluding tert-OH is 1. The van der Waals surface area contributed by atoms with Crippen molar-refractivity contribution in [2.24, 2.45) is 5.41 Å². The predicted molar refractivity (Wildman–Crippen MR) is 131 cm³/mol. The third-order valence-corrected chi connectivity index (χ3v) is 9.22. The molecule has 176 valence electrons. The molecule has 1 aromatic heterocycles. The van der Waals surface area contributed by atoms with E-state index in [1.807, 2.05) is 0 Å². The Morgan fingerprint density at radius 3 is 2.18 bits per heavy atom. The van der Waals surface area contributed by atoms with Crippen molar-refractivity contribution in [2.75, 3.05) is 0 Å². The van der Waals surface area contributed by atoms with Crippen molar-refractivity contribution in [1.29, 1.82) is 0 Å². The molecule has 2 aromatic rings. The summed E-state index contributed by atoms with van der Waals surface area (Å²) in [6.07, 6.45) is 9.76. The van der Waals surface area contributed by atoms with Crippen molar-refractivity contribution in [2.45, 2.75) is 115 Å². The maximum absolute atomic E-state index is 11.6. The van der Waals surface area contributed by atoms with Crippen LogP contribution in [0.15, 0.2) is 24.3 Å². The monoisotopic (exact) mass is 445 g/mol. The Kier molecular flexibility index (Phi) is 5.05. The number of aromatic nitrogens is 1. The summed E-state index contributed by atoms with van der Waals surface area (Å²) in [7, 11) is 0. The van der Waals surface area contributed by atoms with Crippen molar-refractivity contribution >= 4 is 0 Å². The molecule has 2 saturated carbocycles. The molecule has 4 aliphatic rings. The minimum atomic E-state index is -0.403. The molecule has 0 unspecified atom stereocenters. The van der Waals surface area contributed by atoms with Crippen molar-refractivity contribution in [1.82, 2.24) is 4.98 Å². The van der Waals surface area contributed by atoms with Crippen LogP contribution < -0.4 is 0 Å². The Bertz CT molecular complexity index is 1060. The van der Waals surface area contributed by atoms with Crippen molar-refractivity contribution < 1.29 is 9.84 Å². The summed E-state index contributed by atoms with van der Waals surface area (Å²) in [5, 5.41) is 11.6. The maximum Gasteiger partial charge on any atom is 0.111 e. The third kappa shape index (κ3) is 3.26. The molecular weight excluding hydrogens is 406 g/mol. The van der Waals surface area contributed by atoms with Gasteiger partial charge >= 0.3 is 0 Å². The molecule has 0 bridgehead atoms. The summed E-state index contributed by atoms with van der Waals surface area (Å²) < 4.78 is 7.11. The van der Waals surface area contributed by atoms with Crippen LogP contribution in [0.25, 0.3) is 0 Å². The lowest BCUT2D eigenvalue weighted by Crippen LogP contribution is -2.39. The number of pyridine rings is 1. The highest BCUT2D eigenvalue weighted by molar-refractivity contribution is 5.54. The van der Waals surface area contributed by atoms with Gasteiger partial charge in [-0.2, -0.15) is 0 Å². The Morgan fingerprint density at radius 2 is 1.61 bits per heavy atom. The van der Waals surface area contributed by atoms with Crippen molar-refractivity contribution in [3.63, 3.8) is 0 Å². The summed E-state index contributed by atoms with van der Waals surface area (Å²) >= 11 is 0. The standard InChI is InChI=1S/C30H39NO2/c1-18(2)20-8-10-21(11-9-20)28-25-26(30(33-28)14-5-6-15-30)24-22(31-27(25)19(3)4)16-29(12-7-13-29)17-23(24)32/h8-11,18-19,23,28,32H,5-7,12-17H2,1-4H3/t23-,28+/m0/s1. The Balaban J connectivity index is 1.56. The van der Waals surface area contributed by atoms with E-state index in [9.17, 15) is 5.11 Å². The van der Waals surface area contributed by atoms with Gasteiger partial charge in [-0.25, -0.2) is 0 Å². The largest absolute Gasteiger partial charge is 0.388 e. The van der Waals surface area contributed by atoms with Gasteiger partial charge in [0.1, 0.15) is 6.10 Å². The van der Waals surface area contributed by atoms with Crippen molar-refractivity contribution in [3.05, 3.63) is 63.5 Å². The first kappa shape index (κ1) is 21.8. The van der Waals surface area contributed by atoms with Crippen LogP contribution in [0.2, 0.25) is 0 Å². The molecule has 1 N–H and O–H groups in total. The highest BCUT2D eigenvalue weighted by atomic mass is 16.5. The summed E-state index contributed by atoms with van der Waals surface area (Å²) in [5.41, 5.74) is 8.79. The van der Waals surface area contributed by atoms with Crippen LogP contribution in [0.5, 0.6) is 0 Å². The van der Waals surface area contributed by atoms with Gasteiger partial charge in [0.05, 0.1) is 11.7 Å². The summed E-state index contributed by atoms with van der Waals surface area (Å²) in [4.78, 5) is 5.35. The second kappa shape index (κ2) is 7.65. The van der Waals surface area contributed by atoms with E-state index < -0.39 is 6.10 Å². The fourth-order valence-electron chi connectivity index (χ4n) is 7.32. The molecule has 6 rings (SSSR count). The van der Waals surface area contributed by atoms with Crippen LogP contribution in [0.3, 0.4) is 0 Å². The number of rotatable bonds is 3. The first-order chi connectivity index (χ1) is 15.8. The number of benzene rings is 1. The van der Waals surface area contributed by atoms with Gasteiger partial charge < -0.3 is 9.84 Å².